The van der Waals surface area contributed by atoms with Crippen LogP contribution in [0.25, 0.3) is 5.73 Å². The van der Waals surface area contributed by atoms with Crippen LogP contribution >= 0.6 is 27.9 Å². The molecule has 0 aliphatic heterocycles. The maximum absolute atomic E-state index is 8.01. The third-order valence-corrected chi connectivity index (χ3v) is 2.37. The number of hydrogen-bond donors (Lipinski definition) is 0. The molecular formula is C12H18Cl3NTi. The van der Waals surface area contributed by atoms with E-state index >= 15 is 0 Å². The van der Waals surface area contributed by atoms with Crippen molar-refractivity contribution in [3.63, 3.8) is 0 Å². The van der Waals surface area contributed by atoms with Crippen LogP contribution in [-0.2, 0) is 14.7 Å². The first-order valence-corrected chi connectivity index (χ1v) is 11.9. The van der Waals surface area contributed by atoms with Gasteiger partial charge in [0.15, 0.2) is 0 Å². The second-order valence-electron chi connectivity index (χ2n) is 4.34. The molecule has 1 N–H and O–H groups in total. The van der Waals surface area contributed by atoms with Crippen LogP contribution in [0.3, 0.4) is 0 Å². The van der Waals surface area contributed by atoms with Crippen LogP contribution in [0.4, 0.5) is 5.69 Å². The van der Waals surface area contributed by atoms with Crippen LogP contribution in [0.2, 0.25) is 0 Å². The first-order chi connectivity index (χ1) is 7.77. The van der Waals surface area contributed by atoms with E-state index in [0.29, 0.717) is 11.8 Å². The molecule has 0 unspecified atom stereocenters. The minimum absolute atomic E-state index is 0.450. The standard InChI is InChI=1S/C12H18N.3ClH.Ti/c1-8(2)10-6-5-7-11(9(3)4)12(10)13;;;;/h5-9,13H,1-4H3;3*1H;/q-1;;;;+4/p-3. The van der Waals surface area contributed by atoms with Gasteiger partial charge in [0, 0.05) is 0 Å². The predicted octanol–water partition coefficient (Wildman–Crippen LogP) is 6.68. The van der Waals surface area contributed by atoms with E-state index < -0.39 is 14.7 Å². The fourth-order valence-corrected chi connectivity index (χ4v) is 1.55. The van der Waals surface area contributed by atoms with Crippen LogP contribution in [0.1, 0.15) is 50.7 Å². The Morgan fingerprint density at radius 3 is 1.47 bits per heavy atom. The van der Waals surface area contributed by atoms with Gasteiger partial charge in [-0.3, -0.25) is 0 Å². The molecule has 1 nitrogen and oxygen atoms in total. The van der Waals surface area contributed by atoms with Gasteiger partial charge < -0.3 is 5.73 Å². The zero-order valence-electron chi connectivity index (χ0n) is 10.5. The zero-order valence-corrected chi connectivity index (χ0v) is 14.3. The van der Waals surface area contributed by atoms with Crippen LogP contribution in [-0.4, -0.2) is 0 Å². The van der Waals surface area contributed by atoms with Gasteiger partial charge >= 0.3 is 42.6 Å². The molecule has 0 aromatic heterocycles. The molecule has 0 spiro atoms. The number of nitrogens with one attached hydrogen (secondary N) is 1. The molecule has 0 amide bonds. The minimum atomic E-state index is -1.92. The van der Waals surface area contributed by atoms with E-state index in [2.05, 4.69) is 45.9 Å². The Morgan fingerprint density at radius 1 is 0.941 bits per heavy atom. The summed E-state index contributed by atoms with van der Waals surface area (Å²) in [4.78, 5) is 0. The van der Waals surface area contributed by atoms with Crippen LogP contribution in [0.15, 0.2) is 18.2 Å². The van der Waals surface area contributed by atoms with Gasteiger partial charge in [-0.2, -0.15) is 0 Å². The molecule has 1 rings (SSSR count). The molecule has 1 aromatic carbocycles. The fourth-order valence-electron chi connectivity index (χ4n) is 1.55. The van der Waals surface area contributed by atoms with Gasteiger partial charge in [-0.15, -0.1) is 5.69 Å². The first kappa shape index (κ1) is 17.6. The molecule has 0 saturated heterocycles. The Kier molecular flexibility index (Phi) is 8.97. The number of hydrogen-bond acceptors (Lipinski definition) is 0. The average molecular weight is 331 g/mol. The molecule has 0 heterocycles. The van der Waals surface area contributed by atoms with Crippen molar-refractivity contribution in [2.75, 3.05) is 0 Å². The summed E-state index contributed by atoms with van der Waals surface area (Å²) in [6.45, 7) is 8.55. The molecule has 0 saturated carbocycles. The Bertz CT molecular complexity index is 312. The van der Waals surface area contributed by atoms with E-state index in [1.807, 2.05) is 0 Å². The Labute approximate surface area is 122 Å². The predicted molar refractivity (Wildman–Crippen MR) is 76.2 cm³/mol. The molecule has 96 valence electrons. The van der Waals surface area contributed by atoms with Crippen molar-refractivity contribution in [3.05, 3.63) is 35.1 Å². The SMILES string of the molecule is CC(C)c1cccc(C(C)C)c1[NH-].[Cl][Ti+]([Cl])[Cl]. The fraction of sp³-hybridized carbons (Fsp3) is 0.500. The Balaban J connectivity index is 0.000000557. The van der Waals surface area contributed by atoms with E-state index in [-0.39, 0.29) is 0 Å². The summed E-state index contributed by atoms with van der Waals surface area (Å²) in [5, 5.41) is 0. The third kappa shape index (κ3) is 6.93. The molecular weight excluding hydrogens is 312 g/mol. The van der Waals surface area contributed by atoms with Crippen LogP contribution in [0.5, 0.6) is 0 Å². The summed E-state index contributed by atoms with van der Waals surface area (Å²) >= 11 is -1.92. The van der Waals surface area contributed by atoms with Crippen LogP contribution in [0, 0.1) is 0 Å². The van der Waals surface area contributed by atoms with E-state index in [0.717, 1.165) is 16.8 Å². The van der Waals surface area contributed by atoms with Gasteiger partial charge in [0.1, 0.15) is 0 Å². The normalized spacial score (nSPS) is 10.2. The summed E-state index contributed by atoms with van der Waals surface area (Å²) in [6.07, 6.45) is 0. The van der Waals surface area contributed by atoms with Crippen molar-refractivity contribution in [3.8, 4) is 0 Å². The number of halogens is 3. The molecule has 0 radical (unpaired) electrons. The van der Waals surface area contributed by atoms with E-state index in [9.17, 15) is 0 Å². The van der Waals surface area contributed by atoms with E-state index in [1.54, 1.807) is 0 Å². The molecule has 0 bridgehead atoms. The summed E-state index contributed by atoms with van der Waals surface area (Å²) in [6, 6.07) is 6.17. The molecule has 0 atom stereocenters. The number of benzene rings is 1. The Morgan fingerprint density at radius 2 is 1.24 bits per heavy atom. The van der Waals surface area contributed by atoms with Gasteiger partial charge in [0.05, 0.1) is 0 Å². The monoisotopic (exact) mass is 329 g/mol. The topological polar surface area (TPSA) is 23.8 Å². The molecule has 0 aliphatic rings. The zero-order chi connectivity index (χ0) is 13.6. The van der Waals surface area contributed by atoms with Crippen molar-refractivity contribution < 1.29 is 14.7 Å². The van der Waals surface area contributed by atoms with Crippen molar-refractivity contribution in [1.82, 2.24) is 0 Å². The molecule has 0 fully saturated rings. The van der Waals surface area contributed by atoms with Gasteiger partial charge in [-0.1, -0.05) is 57.0 Å². The number of rotatable bonds is 2. The first-order valence-electron chi connectivity index (χ1n) is 5.45. The maximum atomic E-state index is 8.01. The summed E-state index contributed by atoms with van der Waals surface area (Å²) < 4.78 is 0. The van der Waals surface area contributed by atoms with Crippen molar-refractivity contribution >= 4 is 33.6 Å². The Hall–Kier alpha value is 0.604. The quantitative estimate of drug-likeness (QED) is 0.540. The molecule has 5 heteroatoms. The molecule has 0 aliphatic carbocycles. The second kappa shape index (κ2) is 8.66. The van der Waals surface area contributed by atoms with Gasteiger partial charge in [0.25, 0.3) is 0 Å². The van der Waals surface area contributed by atoms with Gasteiger partial charge in [-0.05, 0) is 11.8 Å². The van der Waals surface area contributed by atoms with Crippen molar-refractivity contribution in [2.45, 2.75) is 39.5 Å². The summed E-state index contributed by atoms with van der Waals surface area (Å²) in [5.74, 6) is 0.900. The van der Waals surface area contributed by atoms with E-state index in [1.165, 1.54) is 0 Å². The van der Waals surface area contributed by atoms with Crippen molar-refractivity contribution in [1.29, 1.82) is 0 Å². The van der Waals surface area contributed by atoms with Gasteiger partial charge in [-0.25, -0.2) is 0 Å². The molecule has 17 heavy (non-hydrogen) atoms. The third-order valence-electron chi connectivity index (χ3n) is 2.37. The average Bonchev–Trinajstić information content (AvgIpc) is 2.15. The van der Waals surface area contributed by atoms with Crippen molar-refractivity contribution in [2.24, 2.45) is 0 Å². The molecule has 1 aromatic rings. The summed E-state index contributed by atoms with van der Waals surface area (Å²) in [5.41, 5.74) is 11.1. The summed E-state index contributed by atoms with van der Waals surface area (Å²) in [7, 11) is 14.9. The van der Waals surface area contributed by atoms with Gasteiger partial charge in [0.2, 0.25) is 0 Å². The van der Waals surface area contributed by atoms with Crippen LogP contribution < -0.4 is 0 Å². The second-order valence-corrected chi connectivity index (χ2v) is 12.1. The van der Waals surface area contributed by atoms with E-state index in [4.69, 9.17) is 33.6 Å².